The summed E-state index contributed by atoms with van der Waals surface area (Å²) in [4.78, 5) is 30.6. The summed E-state index contributed by atoms with van der Waals surface area (Å²) in [7, 11) is 0. The molecule has 0 radical (unpaired) electrons. The van der Waals surface area contributed by atoms with Crippen LogP contribution >= 0.6 is 11.6 Å². The Kier molecular flexibility index (Phi) is 4.49. The van der Waals surface area contributed by atoms with Crippen molar-refractivity contribution in [1.82, 2.24) is 9.97 Å². The summed E-state index contributed by atoms with van der Waals surface area (Å²) in [5, 5.41) is 11.6. The third-order valence-corrected chi connectivity index (χ3v) is 2.91. The summed E-state index contributed by atoms with van der Waals surface area (Å²) in [5.74, 6) is -1.49. The van der Waals surface area contributed by atoms with E-state index in [-0.39, 0.29) is 16.8 Å². The zero-order valence-electron chi connectivity index (χ0n) is 11.1. The minimum atomic E-state index is -1.12. The van der Waals surface area contributed by atoms with E-state index in [1.165, 1.54) is 24.4 Å². The molecule has 0 spiro atoms. The number of carbonyl (C=O) groups excluding carboxylic acids is 1. The van der Waals surface area contributed by atoms with Crippen molar-refractivity contribution in [3.05, 3.63) is 52.6 Å². The molecular weight excluding hydrogens is 294 g/mol. The maximum atomic E-state index is 12.1. The van der Waals surface area contributed by atoms with Crippen molar-refractivity contribution >= 4 is 29.2 Å². The highest BCUT2D eigenvalue weighted by atomic mass is 35.5. The number of anilines is 1. The van der Waals surface area contributed by atoms with E-state index in [9.17, 15) is 9.59 Å². The minimum absolute atomic E-state index is 0.0896. The Balaban J connectivity index is 2.17. The van der Waals surface area contributed by atoms with Gasteiger partial charge in [0.05, 0.1) is 11.9 Å². The van der Waals surface area contributed by atoms with Gasteiger partial charge in [-0.1, -0.05) is 18.5 Å². The fourth-order valence-electron chi connectivity index (χ4n) is 1.66. The minimum Gasteiger partial charge on any atom is -0.477 e. The number of aromatic nitrogens is 2. The number of carbonyl (C=O) groups is 2. The van der Waals surface area contributed by atoms with Crippen LogP contribution in [0, 0.1) is 0 Å². The van der Waals surface area contributed by atoms with E-state index < -0.39 is 5.97 Å². The molecule has 0 aliphatic rings. The van der Waals surface area contributed by atoms with E-state index in [1.807, 2.05) is 6.92 Å². The van der Waals surface area contributed by atoms with Gasteiger partial charge in [0.25, 0.3) is 5.91 Å². The van der Waals surface area contributed by atoms with Crippen molar-refractivity contribution in [3.8, 4) is 0 Å². The number of carboxylic acids is 1. The predicted octanol–water partition coefficient (Wildman–Crippen LogP) is 2.64. The van der Waals surface area contributed by atoms with Gasteiger partial charge in [-0.25, -0.2) is 14.8 Å². The molecule has 0 aliphatic carbocycles. The van der Waals surface area contributed by atoms with E-state index in [0.717, 1.165) is 0 Å². The number of rotatable bonds is 4. The summed E-state index contributed by atoms with van der Waals surface area (Å²) in [5.41, 5.74) is 1.41. The van der Waals surface area contributed by atoms with Crippen LogP contribution in [0.3, 0.4) is 0 Å². The lowest BCUT2D eigenvalue weighted by atomic mass is 10.2. The molecule has 6 nitrogen and oxygen atoms in total. The molecule has 7 heteroatoms. The van der Waals surface area contributed by atoms with Crippen molar-refractivity contribution in [2.75, 3.05) is 5.32 Å². The molecule has 0 saturated heterocycles. The molecule has 21 heavy (non-hydrogen) atoms. The third-order valence-electron chi connectivity index (χ3n) is 2.71. The monoisotopic (exact) mass is 305 g/mol. The fourth-order valence-corrected chi connectivity index (χ4v) is 1.89. The number of nitrogens with one attached hydrogen (secondary N) is 1. The molecule has 0 aliphatic heterocycles. The number of carboxylic acid groups (broad SMARTS) is 1. The molecule has 0 aromatic carbocycles. The first-order valence-electron chi connectivity index (χ1n) is 6.16. The van der Waals surface area contributed by atoms with Crippen molar-refractivity contribution in [2.45, 2.75) is 13.3 Å². The van der Waals surface area contributed by atoms with E-state index in [2.05, 4.69) is 15.3 Å². The molecule has 2 aromatic heterocycles. The van der Waals surface area contributed by atoms with E-state index in [0.29, 0.717) is 23.4 Å². The zero-order chi connectivity index (χ0) is 15.4. The number of aromatic carboxylic acids is 1. The van der Waals surface area contributed by atoms with Gasteiger partial charge in [-0.15, -0.1) is 0 Å². The number of pyridine rings is 2. The van der Waals surface area contributed by atoms with Crippen LogP contribution in [-0.2, 0) is 6.42 Å². The standard InChI is InChI=1S/C14H12ClN3O3/c1-2-9-5-8(6-12(15)17-9)13(19)18-10-3-4-11(14(20)21)16-7-10/h3-7H,2H2,1H3,(H,18,19)(H,20,21). The van der Waals surface area contributed by atoms with E-state index >= 15 is 0 Å². The molecule has 0 bridgehead atoms. The van der Waals surface area contributed by atoms with Crippen LogP contribution in [0.2, 0.25) is 5.15 Å². The van der Waals surface area contributed by atoms with Gasteiger partial charge in [0.1, 0.15) is 10.8 Å². The van der Waals surface area contributed by atoms with Crippen molar-refractivity contribution < 1.29 is 14.7 Å². The topological polar surface area (TPSA) is 92.2 Å². The first-order chi connectivity index (χ1) is 9.99. The highest BCUT2D eigenvalue weighted by Gasteiger charge is 2.10. The quantitative estimate of drug-likeness (QED) is 0.847. The Morgan fingerprint density at radius 3 is 2.67 bits per heavy atom. The third kappa shape index (κ3) is 3.76. The van der Waals surface area contributed by atoms with Crippen LogP contribution in [0.5, 0.6) is 0 Å². The summed E-state index contributed by atoms with van der Waals surface area (Å²) in [6, 6.07) is 5.90. The molecule has 2 rings (SSSR count). The molecular formula is C14H12ClN3O3. The SMILES string of the molecule is CCc1cc(C(=O)Nc2ccc(C(=O)O)nc2)cc(Cl)n1. The second-order valence-corrected chi connectivity index (χ2v) is 4.60. The summed E-state index contributed by atoms with van der Waals surface area (Å²) < 4.78 is 0. The van der Waals surface area contributed by atoms with Crippen molar-refractivity contribution in [2.24, 2.45) is 0 Å². The normalized spacial score (nSPS) is 10.2. The largest absolute Gasteiger partial charge is 0.477 e. The first kappa shape index (κ1) is 14.9. The maximum Gasteiger partial charge on any atom is 0.354 e. The Labute approximate surface area is 125 Å². The van der Waals surface area contributed by atoms with Crippen LogP contribution in [0.4, 0.5) is 5.69 Å². The van der Waals surface area contributed by atoms with Crippen LogP contribution in [0.15, 0.2) is 30.5 Å². The molecule has 0 atom stereocenters. The number of aryl methyl sites for hydroxylation is 1. The molecule has 108 valence electrons. The summed E-state index contributed by atoms with van der Waals surface area (Å²) in [6.07, 6.45) is 1.95. The van der Waals surface area contributed by atoms with Gasteiger partial charge < -0.3 is 10.4 Å². The van der Waals surface area contributed by atoms with Gasteiger partial charge in [0, 0.05) is 11.3 Å². The average molecular weight is 306 g/mol. The molecule has 1 amide bonds. The molecule has 2 N–H and O–H groups in total. The highest BCUT2D eigenvalue weighted by Crippen LogP contribution is 2.14. The number of amides is 1. The lowest BCUT2D eigenvalue weighted by Crippen LogP contribution is -2.13. The van der Waals surface area contributed by atoms with Gasteiger partial charge in [0.15, 0.2) is 0 Å². The second-order valence-electron chi connectivity index (χ2n) is 4.21. The predicted molar refractivity (Wildman–Crippen MR) is 77.8 cm³/mol. The van der Waals surface area contributed by atoms with Crippen LogP contribution < -0.4 is 5.32 Å². The fraction of sp³-hybridized carbons (Fsp3) is 0.143. The van der Waals surface area contributed by atoms with Gasteiger partial charge in [-0.05, 0) is 30.7 Å². The lowest BCUT2D eigenvalue weighted by Gasteiger charge is -2.07. The highest BCUT2D eigenvalue weighted by molar-refractivity contribution is 6.29. The lowest BCUT2D eigenvalue weighted by molar-refractivity contribution is 0.0690. The molecule has 0 saturated carbocycles. The molecule has 2 heterocycles. The number of hydrogen-bond donors (Lipinski definition) is 2. The van der Waals surface area contributed by atoms with Gasteiger partial charge in [0.2, 0.25) is 0 Å². The number of nitrogens with zero attached hydrogens (tertiary/aromatic N) is 2. The van der Waals surface area contributed by atoms with Crippen LogP contribution in [0.1, 0.15) is 33.5 Å². The zero-order valence-corrected chi connectivity index (χ0v) is 11.9. The van der Waals surface area contributed by atoms with Gasteiger partial charge in [-0.3, -0.25) is 4.79 Å². The summed E-state index contributed by atoms with van der Waals surface area (Å²) in [6.45, 7) is 1.91. The van der Waals surface area contributed by atoms with Crippen molar-refractivity contribution in [3.63, 3.8) is 0 Å². The average Bonchev–Trinajstić information content (AvgIpc) is 2.47. The van der Waals surface area contributed by atoms with Gasteiger partial charge in [-0.2, -0.15) is 0 Å². The molecule has 0 fully saturated rings. The number of halogens is 1. The molecule has 0 unspecified atom stereocenters. The Bertz CT molecular complexity index is 686. The Morgan fingerprint density at radius 2 is 2.10 bits per heavy atom. The van der Waals surface area contributed by atoms with Crippen molar-refractivity contribution in [1.29, 1.82) is 0 Å². The Morgan fingerprint density at radius 1 is 1.33 bits per heavy atom. The van der Waals surface area contributed by atoms with Crippen LogP contribution in [0.25, 0.3) is 0 Å². The van der Waals surface area contributed by atoms with E-state index in [4.69, 9.17) is 16.7 Å². The number of hydrogen-bond acceptors (Lipinski definition) is 4. The Hall–Kier alpha value is -2.47. The first-order valence-corrected chi connectivity index (χ1v) is 6.54. The van der Waals surface area contributed by atoms with E-state index in [1.54, 1.807) is 6.07 Å². The second kappa shape index (κ2) is 6.32. The maximum absolute atomic E-state index is 12.1. The van der Waals surface area contributed by atoms with Crippen LogP contribution in [-0.4, -0.2) is 27.0 Å². The smallest absolute Gasteiger partial charge is 0.354 e. The summed E-state index contributed by atoms with van der Waals surface area (Å²) >= 11 is 5.86. The van der Waals surface area contributed by atoms with Gasteiger partial charge >= 0.3 is 5.97 Å². The molecule has 2 aromatic rings.